The summed E-state index contributed by atoms with van der Waals surface area (Å²) in [5, 5.41) is 0.735. The summed E-state index contributed by atoms with van der Waals surface area (Å²) in [6.07, 6.45) is 0. The molecule has 0 saturated carbocycles. The van der Waals surface area contributed by atoms with Gasteiger partial charge in [-0.05, 0) is 25.1 Å². The first kappa shape index (κ1) is 11.3. The first-order valence-corrected chi connectivity index (χ1v) is 5.28. The average Bonchev–Trinajstić information content (AvgIpc) is 2.20. The molecule has 82 valence electrons. The van der Waals surface area contributed by atoms with E-state index in [2.05, 4.69) is 9.97 Å². The highest BCUT2D eigenvalue weighted by molar-refractivity contribution is 6.33. The minimum atomic E-state index is -0.369. The lowest BCUT2D eigenvalue weighted by molar-refractivity contribution is 0.628. The van der Waals surface area contributed by atoms with Crippen LogP contribution < -0.4 is 0 Å². The van der Waals surface area contributed by atoms with Crippen LogP contribution in [-0.2, 0) is 0 Å². The van der Waals surface area contributed by atoms with Crippen LogP contribution in [0, 0.1) is 12.7 Å². The average molecular weight is 257 g/mol. The molecule has 5 heteroatoms. The lowest BCUT2D eigenvalue weighted by Gasteiger charge is -2.05. The van der Waals surface area contributed by atoms with Crippen LogP contribution in [0.5, 0.6) is 0 Å². The molecule has 0 amide bonds. The van der Waals surface area contributed by atoms with Gasteiger partial charge in [-0.1, -0.05) is 23.2 Å². The van der Waals surface area contributed by atoms with Crippen molar-refractivity contribution in [2.24, 2.45) is 0 Å². The molecule has 0 aliphatic carbocycles. The first-order valence-electron chi connectivity index (χ1n) is 4.53. The highest BCUT2D eigenvalue weighted by Crippen LogP contribution is 2.28. The topological polar surface area (TPSA) is 25.8 Å². The van der Waals surface area contributed by atoms with Crippen LogP contribution in [0.2, 0.25) is 10.2 Å². The van der Waals surface area contributed by atoms with Gasteiger partial charge < -0.3 is 0 Å². The van der Waals surface area contributed by atoms with Crippen LogP contribution in [0.25, 0.3) is 11.3 Å². The Bertz CT molecular complexity index is 523. The molecule has 2 rings (SSSR count). The summed E-state index contributed by atoms with van der Waals surface area (Å²) in [5.41, 5.74) is 1.02. The summed E-state index contributed by atoms with van der Waals surface area (Å²) < 4.78 is 13.1. The Labute approximate surface area is 102 Å². The summed E-state index contributed by atoms with van der Waals surface area (Å²) in [6.45, 7) is 1.71. The fourth-order valence-corrected chi connectivity index (χ4v) is 1.80. The zero-order chi connectivity index (χ0) is 11.7. The van der Waals surface area contributed by atoms with Gasteiger partial charge in [-0.2, -0.15) is 0 Å². The molecular weight excluding hydrogens is 250 g/mol. The molecule has 2 aromatic rings. The van der Waals surface area contributed by atoms with E-state index in [0.29, 0.717) is 27.3 Å². The molecule has 0 bridgehead atoms. The number of aromatic nitrogens is 2. The van der Waals surface area contributed by atoms with Gasteiger partial charge in [0.1, 0.15) is 16.8 Å². The predicted molar refractivity (Wildman–Crippen MR) is 62.2 cm³/mol. The molecule has 0 saturated heterocycles. The molecule has 2 nitrogen and oxygen atoms in total. The standard InChI is InChI=1S/C11H7Cl2FN2/c1-6-15-10(5-11(13)16-6)8-4-7(14)2-3-9(8)12/h2-5H,1H3. The minimum Gasteiger partial charge on any atom is -0.233 e. The number of hydrogen-bond donors (Lipinski definition) is 0. The maximum Gasteiger partial charge on any atom is 0.133 e. The Morgan fingerprint density at radius 2 is 1.88 bits per heavy atom. The van der Waals surface area contributed by atoms with Gasteiger partial charge in [-0.3, -0.25) is 0 Å². The monoisotopic (exact) mass is 256 g/mol. The van der Waals surface area contributed by atoms with Crippen molar-refractivity contribution in [1.29, 1.82) is 0 Å². The second-order valence-electron chi connectivity index (χ2n) is 3.25. The molecule has 16 heavy (non-hydrogen) atoms. The van der Waals surface area contributed by atoms with Crippen LogP contribution >= 0.6 is 23.2 Å². The molecule has 0 unspecified atom stereocenters. The highest BCUT2D eigenvalue weighted by Gasteiger charge is 2.08. The van der Waals surface area contributed by atoms with E-state index in [4.69, 9.17) is 23.2 Å². The largest absolute Gasteiger partial charge is 0.233 e. The van der Waals surface area contributed by atoms with Gasteiger partial charge in [0.2, 0.25) is 0 Å². The molecule has 0 fully saturated rings. The van der Waals surface area contributed by atoms with Gasteiger partial charge in [0.15, 0.2) is 0 Å². The maximum atomic E-state index is 13.1. The lowest BCUT2D eigenvalue weighted by atomic mass is 10.1. The van der Waals surface area contributed by atoms with Crippen molar-refractivity contribution < 1.29 is 4.39 Å². The van der Waals surface area contributed by atoms with Crippen molar-refractivity contribution in [3.05, 3.63) is 46.1 Å². The number of aryl methyl sites for hydroxylation is 1. The third-order valence-electron chi connectivity index (χ3n) is 2.01. The van der Waals surface area contributed by atoms with E-state index in [9.17, 15) is 4.39 Å². The number of rotatable bonds is 1. The minimum absolute atomic E-state index is 0.308. The SMILES string of the molecule is Cc1nc(Cl)cc(-c2cc(F)ccc2Cl)n1. The van der Waals surface area contributed by atoms with Crippen LogP contribution in [-0.4, -0.2) is 9.97 Å². The van der Waals surface area contributed by atoms with Crippen LogP contribution in [0.3, 0.4) is 0 Å². The number of benzene rings is 1. The molecule has 0 spiro atoms. The molecule has 0 aliphatic heterocycles. The normalized spacial score (nSPS) is 10.5. The van der Waals surface area contributed by atoms with E-state index >= 15 is 0 Å². The molecule has 0 aliphatic rings. The Morgan fingerprint density at radius 3 is 2.56 bits per heavy atom. The molecular formula is C11H7Cl2FN2. The first-order chi connectivity index (χ1) is 7.56. The number of nitrogens with zero attached hydrogens (tertiary/aromatic N) is 2. The van der Waals surface area contributed by atoms with Crippen molar-refractivity contribution in [2.45, 2.75) is 6.92 Å². The predicted octanol–water partition coefficient (Wildman–Crippen LogP) is 3.90. The summed E-state index contributed by atoms with van der Waals surface area (Å²) >= 11 is 11.8. The van der Waals surface area contributed by atoms with E-state index in [-0.39, 0.29) is 5.82 Å². The Hall–Kier alpha value is -1.19. The van der Waals surface area contributed by atoms with Crippen molar-refractivity contribution in [1.82, 2.24) is 9.97 Å². The summed E-state index contributed by atoms with van der Waals surface area (Å²) in [7, 11) is 0. The van der Waals surface area contributed by atoms with E-state index in [0.717, 1.165) is 0 Å². The van der Waals surface area contributed by atoms with Gasteiger partial charge >= 0.3 is 0 Å². The van der Waals surface area contributed by atoms with Gasteiger partial charge in [0, 0.05) is 11.6 Å². The molecule has 0 radical (unpaired) electrons. The van der Waals surface area contributed by atoms with Crippen molar-refractivity contribution >= 4 is 23.2 Å². The Kier molecular flexibility index (Phi) is 3.08. The molecule has 1 heterocycles. The Morgan fingerprint density at radius 1 is 1.12 bits per heavy atom. The summed E-state index contributed by atoms with van der Waals surface area (Å²) in [6, 6.07) is 5.65. The Balaban J connectivity index is 2.62. The molecule has 0 N–H and O–H groups in total. The second kappa shape index (κ2) is 4.36. The molecule has 1 aromatic carbocycles. The van der Waals surface area contributed by atoms with Crippen LogP contribution in [0.1, 0.15) is 5.82 Å². The van der Waals surface area contributed by atoms with E-state index in [1.54, 1.807) is 13.0 Å². The van der Waals surface area contributed by atoms with E-state index in [1.165, 1.54) is 18.2 Å². The van der Waals surface area contributed by atoms with Crippen LogP contribution in [0.4, 0.5) is 4.39 Å². The fourth-order valence-electron chi connectivity index (χ4n) is 1.36. The maximum absolute atomic E-state index is 13.1. The van der Waals surface area contributed by atoms with E-state index < -0.39 is 0 Å². The van der Waals surface area contributed by atoms with Crippen molar-refractivity contribution in [3.63, 3.8) is 0 Å². The quantitative estimate of drug-likeness (QED) is 0.724. The van der Waals surface area contributed by atoms with Gasteiger partial charge in [-0.15, -0.1) is 0 Å². The smallest absolute Gasteiger partial charge is 0.133 e. The third kappa shape index (κ3) is 2.31. The number of halogens is 3. The van der Waals surface area contributed by atoms with Crippen molar-refractivity contribution in [3.8, 4) is 11.3 Å². The summed E-state index contributed by atoms with van der Waals surface area (Å²) in [4.78, 5) is 8.09. The zero-order valence-corrected chi connectivity index (χ0v) is 9.85. The summed E-state index contributed by atoms with van der Waals surface area (Å²) in [5.74, 6) is 0.148. The van der Waals surface area contributed by atoms with Crippen molar-refractivity contribution in [2.75, 3.05) is 0 Å². The molecule has 1 aromatic heterocycles. The molecule has 0 atom stereocenters. The van der Waals surface area contributed by atoms with E-state index in [1.807, 2.05) is 0 Å². The fraction of sp³-hybridized carbons (Fsp3) is 0.0909. The van der Waals surface area contributed by atoms with Crippen LogP contribution in [0.15, 0.2) is 24.3 Å². The number of hydrogen-bond acceptors (Lipinski definition) is 2. The van der Waals surface area contributed by atoms with Gasteiger partial charge in [0.25, 0.3) is 0 Å². The zero-order valence-electron chi connectivity index (χ0n) is 8.34. The lowest BCUT2D eigenvalue weighted by Crippen LogP contribution is -1.92. The highest BCUT2D eigenvalue weighted by atomic mass is 35.5. The second-order valence-corrected chi connectivity index (χ2v) is 4.04. The third-order valence-corrected chi connectivity index (χ3v) is 2.53. The van der Waals surface area contributed by atoms with Gasteiger partial charge in [0.05, 0.1) is 10.7 Å². The van der Waals surface area contributed by atoms with Gasteiger partial charge in [-0.25, -0.2) is 14.4 Å².